The zero-order valence-electron chi connectivity index (χ0n) is 8.91. The number of phenolic OH excluding ortho intramolecular Hbond substituents is 1. The van der Waals surface area contributed by atoms with E-state index in [0.29, 0.717) is 22.8 Å². The second-order valence-electron chi connectivity index (χ2n) is 3.64. The predicted octanol–water partition coefficient (Wildman–Crippen LogP) is 1.71. The van der Waals surface area contributed by atoms with Crippen LogP contribution in [0.4, 0.5) is 5.95 Å². The topological polar surface area (TPSA) is 77.0 Å². The second-order valence-corrected chi connectivity index (χ2v) is 3.64. The lowest BCUT2D eigenvalue weighted by Gasteiger charge is -2.07. The fraction of sp³-hybridized carbons (Fsp3) is 0. The number of hydrogen-bond donors (Lipinski definition) is 2. The normalized spacial score (nSPS) is 10.8. The van der Waals surface area contributed by atoms with E-state index < -0.39 is 0 Å². The molecule has 0 aliphatic rings. The van der Waals surface area contributed by atoms with E-state index in [9.17, 15) is 5.11 Å². The summed E-state index contributed by atoms with van der Waals surface area (Å²) in [6.45, 7) is 0. The van der Waals surface area contributed by atoms with Gasteiger partial charge >= 0.3 is 0 Å². The summed E-state index contributed by atoms with van der Waals surface area (Å²) >= 11 is 0. The Bertz CT molecular complexity index is 690. The lowest BCUT2D eigenvalue weighted by atomic mass is 10.3. The molecule has 2 aromatic heterocycles. The zero-order chi connectivity index (χ0) is 11.8. The Labute approximate surface area is 97.2 Å². The maximum Gasteiger partial charge on any atom is 0.207 e. The van der Waals surface area contributed by atoms with Crippen molar-refractivity contribution in [2.75, 3.05) is 5.73 Å². The van der Waals surface area contributed by atoms with E-state index in [1.54, 1.807) is 35.0 Å². The number of nitrogens with zero attached hydrogens (tertiary/aromatic N) is 3. The van der Waals surface area contributed by atoms with Gasteiger partial charge < -0.3 is 10.8 Å². The van der Waals surface area contributed by atoms with E-state index in [-0.39, 0.29) is 5.75 Å². The Morgan fingerprint density at radius 2 is 1.94 bits per heavy atom. The van der Waals surface area contributed by atoms with Gasteiger partial charge in [-0.1, -0.05) is 12.1 Å². The van der Waals surface area contributed by atoms with Gasteiger partial charge in [0.15, 0.2) is 5.65 Å². The molecule has 5 heteroatoms. The molecule has 0 atom stereocenters. The first-order chi connectivity index (χ1) is 8.27. The Hall–Kier alpha value is -2.56. The number of rotatable bonds is 1. The summed E-state index contributed by atoms with van der Waals surface area (Å²) in [5.41, 5.74) is 7.76. The molecule has 0 bridgehead atoms. The van der Waals surface area contributed by atoms with E-state index in [0.717, 1.165) is 0 Å². The van der Waals surface area contributed by atoms with Crippen molar-refractivity contribution in [3.63, 3.8) is 0 Å². The van der Waals surface area contributed by atoms with Gasteiger partial charge in [0.2, 0.25) is 5.95 Å². The maximum absolute atomic E-state index is 9.83. The van der Waals surface area contributed by atoms with Gasteiger partial charge in [-0.25, -0.2) is 9.97 Å². The zero-order valence-corrected chi connectivity index (χ0v) is 8.91. The smallest absolute Gasteiger partial charge is 0.207 e. The van der Waals surface area contributed by atoms with Gasteiger partial charge in [0.05, 0.1) is 5.69 Å². The minimum Gasteiger partial charge on any atom is -0.506 e. The summed E-state index contributed by atoms with van der Waals surface area (Å²) in [5.74, 6) is 0.448. The fourth-order valence-corrected chi connectivity index (χ4v) is 1.82. The molecule has 0 saturated heterocycles. The highest BCUT2D eigenvalue weighted by Crippen LogP contribution is 2.27. The van der Waals surface area contributed by atoms with Crippen LogP contribution in [0.5, 0.6) is 5.75 Å². The largest absolute Gasteiger partial charge is 0.506 e. The van der Waals surface area contributed by atoms with Crippen molar-refractivity contribution >= 4 is 17.1 Å². The monoisotopic (exact) mass is 226 g/mol. The molecule has 5 nitrogen and oxygen atoms in total. The molecule has 0 saturated carbocycles. The van der Waals surface area contributed by atoms with Crippen LogP contribution in [0.1, 0.15) is 0 Å². The Kier molecular flexibility index (Phi) is 1.98. The molecule has 0 aliphatic carbocycles. The minimum absolute atomic E-state index is 0.143. The van der Waals surface area contributed by atoms with Gasteiger partial charge in [-0.2, -0.15) is 0 Å². The van der Waals surface area contributed by atoms with Crippen LogP contribution in [0.15, 0.2) is 42.6 Å². The predicted molar refractivity (Wildman–Crippen MR) is 64.9 cm³/mol. The number of para-hydroxylation sites is 2. The molecule has 2 heterocycles. The van der Waals surface area contributed by atoms with Crippen LogP contribution in [0.25, 0.3) is 16.9 Å². The van der Waals surface area contributed by atoms with Crippen LogP contribution < -0.4 is 5.73 Å². The minimum atomic E-state index is 0.143. The number of aromatic nitrogens is 3. The number of nitrogens with two attached hydrogens (primary N) is 1. The van der Waals surface area contributed by atoms with Crippen LogP contribution in [0, 0.1) is 0 Å². The van der Waals surface area contributed by atoms with Gasteiger partial charge in [0.25, 0.3) is 0 Å². The van der Waals surface area contributed by atoms with Gasteiger partial charge in [-0.05, 0) is 24.3 Å². The standard InChI is InChI=1S/C12H10N4O/c13-12-15-8-4-3-7-14-11(8)16(12)9-5-1-2-6-10(9)17/h1-7,17H,(H2,13,15). The van der Waals surface area contributed by atoms with Crippen LogP contribution in [-0.4, -0.2) is 19.6 Å². The third-order valence-corrected chi connectivity index (χ3v) is 2.56. The lowest BCUT2D eigenvalue weighted by Crippen LogP contribution is -2.01. The van der Waals surface area contributed by atoms with E-state index >= 15 is 0 Å². The number of benzene rings is 1. The molecule has 3 N–H and O–H groups in total. The number of imidazole rings is 1. The third-order valence-electron chi connectivity index (χ3n) is 2.56. The molecule has 17 heavy (non-hydrogen) atoms. The van der Waals surface area contributed by atoms with Crippen molar-refractivity contribution in [3.05, 3.63) is 42.6 Å². The van der Waals surface area contributed by atoms with Crippen molar-refractivity contribution in [1.82, 2.24) is 14.5 Å². The summed E-state index contributed by atoms with van der Waals surface area (Å²) in [6, 6.07) is 10.6. The molecule has 3 aromatic rings. The summed E-state index contributed by atoms with van der Waals surface area (Å²) in [4.78, 5) is 8.43. The molecule has 0 aliphatic heterocycles. The van der Waals surface area contributed by atoms with E-state index in [2.05, 4.69) is 9.97 Å². The number of anilines is 1. The maximum atomic E-state index is 9.83. The average molecular weight is 226 g/mol. The first-order valence-corrected chi connectivity index (χ1v) is 5.14. The van der Waals surface area contributed by atoms with Crippen molar-refractivity contribution in [1.29, 1.82) is 0 Å². The summed E-state index contributed by atoms with van der Waals surface area (Å²) in [7, 11) is 0. The van der Waals surface area contributed by atoms with Crippen LogP contribution >= 0.6 is 0 Å². The molecular weight excluding hydrogens is 216 g/mol. The van der Waals surface area contributed by atoms with Crippen LogP contribution in [0.3, 0.4) is 0 Å². The molecule has 0 fully saturated rings. The first-order valence-electron chi connectivity index (χ1n) is 5.14. The summed E-state index contributed by atoms with van der Waals surface area (Å²) in [6.07, 6.45) is 1.67. The molecule has 84 valence electrons. The molecule has 0 radical (unpaired) electrons. The Morgan fingerprint density at radius 1 is 1.12 bits per heavy atom. The summed E-state index contributed by atoms with van der Waals surface area (Å²) < 4.78 is 1.63. The van der Waals surface area contributed by atoms with Crippen molar-refractivity contribution in [2.24, 2.45) is 0 Å². The third kappa shape index (κ3) is 1.40. The highest BCUT2D eigenvalue weighted by molar-refractivity contribution is 5.77. The molecule has 1 aromatic carbocycles. The van der Waals surface area contributed by atoms with Gasteiger partial charge in [-0.3, -0.25) is 4.57 Å². The van der Waals surface area contributed by atoms with Gasteiger partial charge in [0, 0.05) is 6.20 Å². The number of aromatic hydroxyl groups is 1. The molecule has 0 amide bonds. The number of phenols is 1. The van der Waals surface area contributed by atoms with Crippen molar-refractivity contribution < 1.29 is 5.11 Å². The van der Waals surface area contributed by atoms with Gasteiger partial charge in [0.1, 0.15) is 11.3 Å². The number of fused-ring (bicyclic) bond motifs is 1. The molecule has 0 unspecified atom stereocenters. The molecular formula is C12H10N4O. The number of hydrogen-bond acceptors (Lipinski definition) is 4. The fourth-order valence-electron chi connectivity index (χ4n) is 1.82. The highest BCUT2D eigenvalue weighted by Gasteiger charge is 2.12. The molecule has 3 rings (SSSR count). The lowest BCUT2D eigenvalue weighted by molar-refractivity contribution is 0.473. The average Bonchev–Trinajstić information content (AvgIpc) is 2.66. The van der Waals surface area contributed by atoms with Crippen LogP contribution in [-0.2, 0) is 0 Å². The molecule has 0 spiro atoms. The first kappa shape index (κ1) is 9.65. The highest BCUT2D eigenvalue weighted by atomic mass is 16.3. The van der Waals surface area contributed by atoms with Gasteiger partial charge in [-0.15, -0.1) is 0 Å². The Morgan fingerprint density at radius 3 is 2.76 bits per heavy atom. The van der Waals surface area contributed by atoms with Crippen molar-refractivity contribution in [3.8, 4) is 11.4 Å². The Balaban J connectivity index is 2.38. The SMILES string of the molecule is Nc1nc2cccnc2n1-c1ccccc1O. The van der Waals surface area contributed by atoms with Crippen molar-refractivity contribution in [2.45, 2.75) is 0 Å². The van der Waals surface area contributed by atoms with Crippen LogP contribution in [0.2, 0.25) is 0 Å². The number of pyridine rings is 1. The van der Waals surface area contributed by atoms with E-state index in [4.69, 9.17) is 5.73 Å². The van der Waals surface area contributed by atoms with E-state index in [1.165, 1.54) is 0 Å². The second kappa shape index (κ2) is 3.48. The quantitative estimate of drug-likeness (QED) is 0.662. The number of nitrogen functional groups attached to an aromatic ring is 1. The van der Waals surface area contributed by atoms with E-state index in [1.807, 2.05) is 12.1 Å². The summed E-state index contributed by atoms with van der Waals surface area (Å²) in [5, 5.41) is 9.83.